The van der Waals surface area contributed by atoms with Gasteiger partial charge >= 0.3 is 0 Å². The van der Waals surface area contributed by atoms with Gasteiger partial charge in [0.2, 0.25) is 0 Å². The molecule has 1 atom stereocenters. The lowest BCUT2D eigenvalue weighted by Crippen LogP contribution is -2.21. The summed E-state index contributed by atoms with van der Waals surface area (Å²) < 4.78 is 1.92. The van der Waals surface area contributed by atoms with Crippen LogP contribution in [0.5, 0.6) is 0 Å². The Morgan fingerprint density at radius 2 is 2.40 bits per heavy atom. The molecule has 0 aromatic carbocycles. The predicted octanol–water partition coefficient (Wildman–Crippen LogP) is 2.35. The van der Waals surface area contributed by atoms with Crippen LogP contribution in [-0.4, -0.2) is 16.3 Å². The molecule has 0 saturated heterocycles. The SMILES string of the molecule is C=CCCC(NCC)c1cnn(C)c1C. The van der Waals surface area contributed by atoms with E-state index in [1.807, 2.05) is 24.0 Å². The van der Waals surface area contributed by atoms with Crippen molar-refractivity contribution >= 4 is 0 Å². The van der Waals surface area contributed by atoms with Crippen molar-refractivity contribution in [2.24, 2.45) is 7.05 Å². The van der Waals surface area contributed by atoms with Crippen molar-refractivity contribution in [3.8, 4) is 0 Å². The number of allylic oxidation sites excluding steroid dienone is 1. The topological polar surface area (TPSA) is 29.9 Å². The maximum atomic E-state index is 4.28. The monoisotopic (exact) mass is 207 g/mol. The van der Waals surface area contributed by atoms with Gasteiger partial charge < -0.3 is 5.32 Å². The van der Waals surface area contributed by atoms with E-state index in [4.69, 9.17) is 0 Å². The molecule has 1 N–H and O–H groups in total. The average Bonchev–Trinajstić information content (AvgIpc) is 2.55. The van der Waals surface area contributed by atoms with Crippen molar-refractivity contribution in [1.29, 1.82) is 0 Å². The van der Waals surface area contributed by atoms with E-state index in [9.17, 15) is 0 Å². The molecule has 1 aromatic rings. The third kappa shape index (κ3) is 2.93. The first-order valence-corrected chi connectivity index (χ1v) is 5.53. The predicted molar refractivity (Wildman–Crippen MR) is 63.8 cm³/mol. The minimum atomic E-state index is 0.404. The van der Waals surface area contributed by atoms with Gasteiger partial charge in [-0.25, -0.2) is 0 Å². The molecule has 1 heterocycles. The fraction of sp³-hybridized carbons (Fsp3) is 0.583. The number of hydrogen-bond acceptors (Lipinski definition) is 2. The van der Waals surface area contributed by atoms with Crippen LogP contribution in [0.15, 0.2) is 18.9 Å². The first-order chi connectivity index (χ1) is 7.20. The number of nitrogens with zero attached hydrogens (tertiary/aromatic N) is 2. The van der Waals surface area contributed by atoms with E-state index in [1.165, 1.54) is 11.3 Å². The Labute approximate surface area is 92.2 Å². The summed E-state index contributed by atoms with van der Waals surface area (Å²) in [6.07, 6.45) is 6.05. The van der Waals surface area contributed by atoms with E-state index in [-0.39, 0.29) is 0 Å². The van der Waals surface area contributed by atoms with E-state index in [0.29, 0.717) is 6.04 Å². The van der Waals surface area contributed by atoms with Gasteiger partial charge in [-0.2, -0.15) is 5.10 Å². The smallest absolute Gasteiger partial charge is 0.0540 e. The summed E-state index contributed by atoms with van der Waals surface area (Å²) in [4.78, 5) is 0. The van der Waals surface area contributed by atoms with E-state index >= 15 is 0 Å². The zero-order valence-electron chi connectivity index (χ0n) is 9.95. The van der Waals surface area contributed by atoms with Crippen molar-refractivity contribution in [2.45, 2.75) is 32.7 Å². The van der Waals surface area contributed by atoms with Crippen LogP contribution in [0.2, 0.25) is 0 Å². The standard InChI is InChI=1S/C12H21N3/c1-5-7-8-12(13-6-2)11-9-14-15(4)10(11)3/h5,9,12-13H,1,6-8H2,2-4H3. The van der Waals surface area contributed by atoms with Crippen LogP contribution in [0.1, 0.15) is 37.1 Å². The minimum absolute atomic E-state index is 0.404. The molecule has 0 saturated carbocycles. The molecule has 84 valence electrons. The molecule has 0 aliphatic rings. The second-order valence-electron chi connectivity index (χ2n) is 3.79. The molecule has 0 fully saturated rings. The summed E-state index contributed by atoms with van der Waals surface area (Å²) in [5.41, 5.74) is 2.55. The van der Waals surface area contributed by atoms with Crippen molar-refractivity contribution in [1.82, 2.24) is 15.1 Å². The second kappa shape index (κ2) is 5.71. The van der Waals surface area contributed by atoms with Gasteiger partial charge in [-0.1, -0.05) is 13.0 Å². The molecule has 0 amide bonds. The van der Waals surface area contributed by atoms with Crippen LogP contribution in [0.4, 0.5) is 0 Å². The number of rotatable bonds is 6. The highest BCUT2D eigenvalue weighted by Gasteiger charge is 2.14. The summed E-state index contributed by atoms with van der Waals surface area (Å²) in [5, 5.41) is 7.76. The van der Waals surface area contributed by atoms with E-state index in [2.05, 4.69) is 30.8 Å². The van der Waals surface area contributed by atoms with E-state index < -0.39 is 0 Å². The highest BCUT2D eigenvalue weighted by atomic mass is 15.3. The van der Waals surface area contributed by atoms with Crippen LogP contribution in [0.25, 0.3) is 0 Å². The fourth-order valence-corrected chi connectivity index (χ4v) is 1.76. The normalized spacial score (nSPS) is 12.7. The van der Waals surface area contributed by atoms with Crippen LogP contribution < -0.4 is 5.32 Å². The molecule has 1 aromatic heterocycles. The van der Waals surface area contributed by atoms with Crippen LogP contribution in [0, 0.1) is 6.92 Å². The molecule has 0 bridgehead atoms. The molecular weight excluding hydrogens is 186 g/mol. The molecular formula is C12H21N3. The van der Waals surface area contributed by atoms with Crippen molar-refractivity contribution < 1.29 is 0 Å². The lowest BCUT2D eigenvalue weighted by molar-refractivity contribution is 0.516. The highest BCUT2D eigenvalue weighted by Crippen LogP contribution is 2.21. The van der Waals surface area contributed by atoms with Crippen LogP contribution in [-0.2, 0) is 7.05 Å². The summed E-state index contributed by atoms with van der Waals surface area (Å²) >= 11 is 0. The first kappa shape index (κ1) is 12.0. The third-order valence-corrected chi connectivity index (χ3v) is 2.76. The molecule has 3 nitrogen and oxygen atoms in total. The van der Waals surface area contributed by atoms with Crippen molar-refractivity contribution in [3.05, 3.63) is 30.1 Å². The Morgan fingerprint density at radius 1 is 1.67 bits per heavy atom. The van der Waals surface area contributed by atoms with Crippen molar-refractivity contribution in [3.63, 3.8) is 0 Å². The Hall–Kier alpha value is -1.09. The first-order valence-electron chi connectivity index (χ1n) is 5.53. The quantitative estimate of drug-likeness (QED) is 0.726. The number of aromatic nitrogens is 2. The second-order valence-corrected chi connectivity index (χ2v) is 3.79. The maximum absolute atomic E-state index is 4.28. The minimum Gasteiger partial charge on any atom is -0.310 e. The largest absolute Gasteiger partial charge is 0.310 e. The lowest BCUT2D eigenvalue weighted by Gasteiger charge is -2.16. The molecule has 0 radical (unpaired) electrons. The van der Waals surface area contributed by atoms with Crippen LogP contribution >= 0.6 is 0 Å². The third-order valence-electron chi connectivity index (χ3n) is 2.76. The zero-order chi connectivity index (χ0) is 11.3. The molecule has 3 heteroatoms. The molecule has 15 heavy (non-hydrogen) atoms. The van der Waals surface area contributed by atoms with E-state index in [0.717, 1.165) is 19.4 Å². The van der Waals surface area contributed by atoms with E-state index in [1.54, 1.807) is 0 Å². The Balaban J connectivity index is 2.78. The molecule has 1 rings (SSSR count). The van der Waals surface area contributed by atoms with Gasteiger partial charge in [0.25, 0.3) is 0 Å². The van der Waals surface area contributed by atoms with Crippen LogP contribution in [0.3, 0.4) is 0 Å². The molecule has 0 spiro atoms. The van der Waals surface area contributed by atoms with Crippen molar-refractivity contribution in [2.75, 3.05) is 6.54 Å². The number of hydrogen-bond donors (Lipinski definition) is 1. The summed E-state index contributed by atoms with van der Waals surface area (Å²) in [5.74, 6) is 0. The van der Waals surface area contributed by atoms with Gasteiger partial charge in [0.1, 0.15) is 0 Å². The highest BCUT2D eigenvalue weighted by molar-refractivity contribution is 5.20. The fourth-order valence-electron chi connectivity index (χ4n) is 1.76. The number of aryl methyl sites for hydroxylation is 1. The van der Waals surface area contributed by atoms with Gasteiger partial charge in [-0.3, -0.25) is 4.68 Å². The number of nitrogens with one attached hydrogen (secondary N) is 1. The maximum Gasteiger partial charge on any atom is 0.0540 e. The Morgan fingerprint density at radius 3 is 2.87 bits per heavy atom. The molecule has 0 aliphatic heterocycles. The lowest BCUT2D eigenvalue weighted by atomic mass is 10.0. The molecule has 1 unspecified atom stereocenters. The van der Waals surface area contributed by atoms with Gasteiger partial charge in [0.05, 0.1) is 6.20 Å². The van der Waals surface area contributed by atoms with Gasteiger partial charge in [0.15, 0.2) is 0 Å². The summed E-state index contributed by atoms with van der Waals surface area (Å²) in [6.45, 7) is 8.99. The Kier molecular flexibility index (Phi) is 4.56. The average molecular weight is 207 g/mol. The summed E-state index contributed by atoms with van der Waals surface area (Å²) in [7, 11) is 1.98. The molecule has 0 aliphatic carbocycles. The summed E-state index contributed by atoms with van der Waals surface area (Å²) in [6, 6.07) is 0.404. The Bertz CT molecular complexity index is 315. The van der Waals surface area contributed by atoms with Gasteiger partial charge in [0, 0.05) is 24.3 Å². The zero-order valence-corrected chi connectivity index (χ0v) is 9.95. The van der Waals surface area contributed by atoms with Gasteiger partial charge in [-0.05, 0) is 26.3 Å². The van der Waals surface area contributed by atoms with Gasteiger partial charge in [-0.15, -0.1) is 6.58 Å².